The standard InChI is InChI=1S/C13H16N4O.ClH/c1-17-12-8-10(2-3-11(12)15-16-17)13(18)9-4-6-14-7-5-9;/h2-3,8-9,14H,4-7H2,1H3;1H. The summed E-state index contributed by atoms with van der Waals surface area (Å²) in [7, 11) is 1.84. The van der Waals surface area contributed by atoms with Gasteiger partial charge in [0.1, 0.15) is 5.52 Å². The van der Waals surface area contributed by atoms with E-state index in [1.54, 1.807) is 4.68 Å². The molecule has 1 aliphatic rings. The molecule has 0 atom stereocenters. The van der Waals surface area contributed by atoms with Gasteiger partial charge >= 0.3 is 0 Å². The van der Waals surface area contributed by atoms with Crippen LogP contribution < -0.4 is 5.32 Å². The van der Waals surface area contributed by atoms with Crippen molar-refractivity contribution in [2.24, 2.45) is 13.0 Å². The van der Waals surface area contributed by atoms with E-state index in [9.17, 15) is 4.79 Å². The summed E-state index contributed by atoms with van der Waals surface area (Å²) in [4.78, 5) is 12.4. The van der Waals surface area contributed by atoms with Gasteiger partial charge in [-0.3, -0.25) is 4.79 Å². The van der Waals surface area contributed by atoms with E-state index in [-0.39, 0.29) is 24.1 Å². The highest BCUT2D eigenvalue weighted by Gasteiger charge is 2.22. The number of benzene rings is 1. The fourth-order valence-electron chi connectivity index (χ4n) is 2.50. The molecule has 1 saturated heterocycles. The van der Waals surface area contributed by atoms with Gasteiger partial charge in [0.2, 0.25) is 0 Å². The van der Waals surface area contributed by atoms with Crippen molar-refractivity contribution in [1.82, 2.24) is 20.3 Å². The topological polar surface area (TPSA) is 59.8 Å². The Morgan fingerprint density at radius 2 is 2.11 bits per heavy atom. The summed E-state index contributed by atoms with van der Waals surface area (Å²) in [6.45, 7) is 1.87. The van der Waals surface area contributed by atoms with Crippen LogP contribution in [0.25, 0.3) is 11.0 Å². The summed E-state index contributed by atoms with van der Waals surface area (Å²) in [5, 5.41) is 11.3. The van der Waals surface area contributed by atoms with E-state index < -0.39 is 0 Å². The predicted octanol–water partition coefficient (Wildman–Crippen LogP) is 1.57. The molecule has 1 aromatic carbocycles. The zero-order chi connectivity index (χ0) is 12.5. The summed E-state index contributed by atoms with van der Waals surface area (Å²) in [5.41, 5.74) is 2.52. The van der Waals surface area contributed by atoms with Gasteiger partial charge in [0.15, 0.2) is 5.78 Å². The maximum absolute atomic E-state index is 12.4. The SMILES string of the molecule is Cl.Cn1nnc2ccc(C(=O)C3CCNCC3)cc21. The molecule has 0 aliphatic carbocycles. The van der Waals surface area contributed by atoms with Crippen molar-refractivity contribution in [2.75, 3.05) is 13.1 Å². The summed E-state index contributed by atoms with van der Waals surface area (Å²) < 4.78 is 1.70. The number of carbonyl (C=O) groups excluding carboxylic acids is 1. The number of halogens is 1. The number of rotatable bonds is 2. The van der Waals surface area contributed by atoms with E-state index >= 15 is 0 Å². The Kier molecular flexibility index (Phi) is 4.17. The molecular weight excluding hydrogens is 264 g/mol. The Morgan fingerprint density at radius 1 is 1.37 bits per heavy atom. The second-order valence-corrected chi connectivity index (χ2v) is 4.81. The first kappa shape index (κ1) is 14.0. The van der Waals surface area contributed by atoms with Gasteiger partial charge in [0, 0.05) is 18.5 Å². The van der Waals surface area contributed by atoms with E-state index in [2.05, 4.69) is 15.6 Å². The number of hydrogen-bond acceptors (Lipinski definition) is 4. The maximum atomic E-state index is 12.4. The molecule has 1 N–H and O–H groups in total. The van der Waals surface area contributed by atoms with Crippen LogP contribution in [0.4, 0.5) is 0 Å². The quantitative estimate of drug-likeness (QED) is 0.849. The number of hydrogen-bond donors (Lipinski definition) is 1. The van der Waals surface area contributed by atoms with E-state index in [1.165, 1.54) is 0 Å². The molecule has 0 spiro atoms. The molecule has 1 fully saturated rings. The number of carbonyl (C=O) groups is 1. The van der Waals surface area contributed by atoms with Crippen LogP contribution in [0.5, 0.6) is 0 Å². The molecule has 19 heavy (non-hydrogen) atoms. The van der Waals surface area contributed by atoms with Gasteiger partial charge in [0.05, 0.1) is 5.52 Å². The number of Topliss-reactive ketones (excluding diaryl/α,β-unsaturated/α-hetero) is 1. The van der Waals surface area contributed by atoms with Gasteiger partial charge < -0.3 is 5.32 Å². The average molecular weight is 281 g/mol. The molecule has 1 aromatic heterocycles. The van der Waals surface area contributed by atoms with Crippen molar-refractivity contribution in [2.45, 2.75) is 12.8 Å². The maximum Gasteiger partial charge on any atom is 0.166 e. The second-order valence-electron chi connectivity index (χ2n) is 4.81. The lowest BCUT2D eigenvalue weighted by Gasteiger charge is -2.21. The molecule has 2 heterocycles. The lowest BCUT2D eigenvalue weighted by Crippen LogP contribution is -2.31. The van der Waals surface area contributed by atoms with E-state index in [4.69, 9.17) is 0 Å². The van der Waals surface area contributed by atoms with Crippen molar-refractivity contribution >= 4 is 29.2 Å². The summed E-state index contributed by atoms with van der Waals surface area (Å²) in [6, 6.07) is 5.64. The van der Waals surface area contributed by atoms with Crippen molar-refractivity contribution in [3.63, 3.8) is 0 Å². The van der Waals surface area contributed by atoms with Crippen molar-refractivity contribution in [1.29, 1.82) is 0 Å². The molecule has 5 nitrogen and oxygen atoms in total. The molecule has 0 radical (unpaired) electrons. The van der Waals surface area contributed by atoms with Crippen LogP contribution in [-0.2, 0) is 7.05 Å². The van der Waals surface area contributed by atoms with Gasteiger partial charge in [-0.05, 0) is 44.1 Å². The number of nitrogens with one attached hydrogen (secondary N) is 1. The minimum atomic E-state index is 0. The molecule has 1 aliphatic heterocycles. The van der Waals surface area contributed by atoms with Crippen LogP contribution in [0.2, 0.25) is 0 Å². The zero-order valence-electron chi connectivity index (χ0n) is 10.8. The highest BCUT2D eigenvalue weighted by atomic mass is 35.5. The Bertz CT molecular complexity index is 589. The van der Waals surface area contributed by atoms with Gasteiger partial charge in [-0.25, -0.2) is 4.68 Å². The third-order valence-corrected chi connectivity index (χ3v) is 3.61. The predicted molar refractivity (Wildman–Crippen MR) is 75.7 cm³/mol. The van der Waals surface area contributed by atoms with E-state index in [1.807, 2.05) is 25.2 Å². The number of nitrogens with zero attached hydrogens (tertiary/aromatic N) is 3. The molecule has 0 unspecified atom stereocenters. The molecule has 0 saturated carbocycles. The lowest BCUT2D eigenvalue weighted by atomic mass is 9.89. The highest BCUT2D eigenvalue weighted by molar-refractivity contribution is 6.00. The minimum Gasteiger partial charge on any atom is -0.317 e. The smallest absolute Gasteiger partial charge is 0.166 e. The number of fused-ring (bicyclic) bond motifs is 1. The monoisotopic (exact) mass is 280 g/mol. The molecule has 3 rings (SSSR count). The molecule has 102 valence electrons. The fraction of sp³-hybridized carbons (Fsp3) is 0.462. The Morgan fingerprint density at radius 3 is 2.84 bits per heavy atom. The Hall–Kier alpha value is -1.46. The van der Waals surface area contributed by atoms with Crippen molar-refractivity contribution in [3.05, 3.63) is 23.8 Å². The summed E-state index contributed by atoms with van der Waals surface area (Å²) >= 11 is 0. The minimum absolute atomic E-state index is 0. The normalized spacial score (nSPS) is 16.3. The van der Waals surface area contributed by atoms with Crippen LogP contribution >= 0.6 is 12.4 Å². The van der Waals surface area contributed by atoms with Crippen molar-refractivity contribution in [3.8, 4) is 0 Å². The van der Waals surface area contributed by atoms with Crippen molar-refractivity contribution < 1.29 is 4.79 Å². The lowest BCUT2D eigenvalue weighted by molar-refractivity contribution is 0.0895. The Labute approximate surface area is 117 Å². The Balaban J connectivity index is 0.00000133. The van der Waals surface area contributed by atoms with Gasteiger partial charge in [-0.15, -0.1) is 17.5 Å². The largest absolute Gasteiger partial charge is 0.317 e. The summed E-state index contributed by atoms with van der Waals surface area (Å²) in [5.74, 6) is 0.407. The van der Waals surface area contributed by atoms with E-state index in [0.29, 0.717) is 0 Å². The third-order valence-electron chi connectivity index (χ3n) is 3.61. The van der Waals surface area contributed by atoms with Crippen LogP contribution in [0, 0.1) is 5.92 Å². The van der Waals surface area contributed by atoms with Crippen LogP contribution in [-0.4, -0.2) is 33.9 Å². The number of ketones is 1. The molecule has 0 bridgehead atoms. The van der Waals surface area contributed by atoms with E-state index in [0.717, 1.165) is 42.5 Å². The second kappa shape index (κ2) is 5.67. The first-order chi connectivity index (χ1) is 8.75. The number of piperidine rings is 1. The van der Waals surface area contributed by atoms with Gasteiger partial charge in [-0.1, -0.05) is 5.21 Å². The molecule has 6 heteroatoms. The molecular formula is C13H17ClN4O. The molecule has 0 amide bonds. The number of aromatic nitrogens is 3. The fourth-order valence-corrected chi connectivity index (χ4v) is 2.50. The van der Waals surface area contributed by atoms with Crippen LogP contribution in [0.15, 0.2) is 18.2 Å². The van der Waals surface area contributed by atoms with Crippen LogP contribution in [0.1, 0.15) is 23.2 Å². The first-order valence-corrected chi connectivity index (χ1v) is 6.30. The summed E-state index contributed by atoms with van der Waals surface area (Å²) in [6.07, 6.45) is 1.86. The average Bonchev–Trinajstić information content (AvgIpc) is 2.80. The third kappa shape index (κ3) is 2.62. The molecule has 2 aromatic rings. The van der Waals surface area contributed by atoms with Crippen LogP contribution in [0.3, 0.4) is 0 Å². The zero-order valence-corrected chi connectivity index (χ0v) is 11.6. The van der Waals surface area contributed by atoms with Gasteiger partial charge in [0.25, 0.3) is 0 Å². The first-order valence-electron chi connectivity index (χ1n) is 6.30. The van der Waals surface area contributed by atoms with Gasteiger partial charge in [-0.2, -0.15) is 0 Å². The number of aryl methyl sites for hydroxylation is 1. The highest BCUT2D eigenvalue weighted by Crippen LogP contribution is 2.20.